The molecule has 35 heavy (non-hydrogen) atoms. The third-order valence-electron chi connectivity index (χ3n) is 7.06. The number of allylic oxidation sites excluding steroid dienone is 3. The molecule has 191 valence electrons. The molecule has 0 aromatic heterocycles. The van der Waals surface area contributed by atoms with Gasteiger partial charge in [0.2, 0.25) is 0 Å². The van der Waals surface area contributed by atoms with Crippen LogP contribution >= 0.6 is 0 Å². The van der Waals surface area contributed by atoms with Crippen LogP contribution in [0.4, 0.5) is 0 Å². The minimum absolute atomic E-state index is 0.0800. The zero-order chi connectivity index (χ0) is 24.6. The van der Waals surface area contributed by atoms with E-state index in [4.69, 9.17) is 14.2 Å². The molecule has 0 aromatic rings. The highest BCUT2D eigenvalue weighted by molar-refractivity contribution is 5.82. The number of hydrogen-bond acceptors (Lipinski definition) is 6. The Labute approximate surface area is 209 Å². The van der Waals surface area contributed by atoms with Crippen molar-refractivity contribution in [2.45, 2.75) is 101 Å². The lowest BCUT2D eigenvalue weighted by Crippen LogP contribution is -2.32. The van der Waals surface area contributed by atoms with Crippen molar-refractivity contribution in [3.63, 3.8) is 0 Å². The van der Waals surface area contributed by atoms with Crippen molar-refractivity contribution < 1.29 is 29.2 Å². The Hall–Kier alpha value is -1.99. The standard InChI is InChI=1S/C29H39O6/c1-20-8-5-11-22-12-6-13-23(33-22)14-7-15-28(32)34-26(19-27-29(35-27)25(31)18-20)24(30)17-16-21-9-3-2-4-10-21/h3,5-7,9,13,15-17,21-27,29-31H,1-2,4,8,10-12,14,18-19H2/b15-7-,17-16+/t21?,22-,23+,24+,25+,26?,27+,29+/m1/s1. The summed E-state index contributed by atoms with van der Waals surface area (Å²) in [6.07, 6.45) is 21.6. The van der Waals surface area contributed by atoms with E-state index in [9.17, 15) is 15.0 Å². The lowest BCUT2D eigenvalue weighted by Gasteiger charge is -2.25. The smallest absolute Gasteiger partial charge is 0.330 e. The van der Waals surface area contributed by atoms with Crippen LogP contribution in [0.1, 0.15) is 57.8 Å². The highest BCUT2D eigenvalue weighted by Gasteiger charge is 2.46. The molecule has 2 unspecified atom stereocenters. The minimum atomic E-state index is -0.954. The molecule has 1 fully saturated rings. The minimum Gasteiger partial charge on any atom is -0.456 e. The summed E-state index contributed by atoms with van der Waals surface area (Å²) in [6.45, 7) is 4.12. The largest absolute Gasteiger partial charge is 0.456 e. The zero-order valence-electron chi connectivity index (χ0n) is 20.4. The van der Waals surface area contributed by atoms with Crippen molar-refractivity contribution in [1.82, 2.24) is 0 Å². The first-order valence-electron chi connectivity index (χ1n) is 13.0. The number of cyclic esters (lactones) is 1. The summed E-state index contributed by atoms with van der Waals surface area (Å²) in [4.78, 5) is 12.6. The van der Waals surface area contributed by atoms with Crippen LogP contribution in [0.15, 0.2) is 60.8 Å². The number of hydrogen-bond donors (Lipinski definition) is 2. The van der Waals surface area contributed by atoms with Gasteiger partial charge >= 0.3 is 5.97 Å². The van der Waals surface area contributed by atoms with Crippen LogP contribution in [0.3, 0.4) is 0 Å². The second-order valence-electron chi connectivity index (χ2n) is 10.1. The maximum atomic E-state index is 12.6. The quantitative estimate of drug-likeness (QED) is 0.354. The predicted molar refractivity (Wildman–Crippen MR) is 134 cm³/mol. The first-order chi connectivity index (χ1) is 17.0. The molecule has 4 aliphatic rings. The molecule has 6 nitrogen and oxygen atoms in total. The number of fused-ring (bicyclic) bond motifs is 3. The molecular weight excluding hydrogens is 444 g/mol. The molecule has 3 aliphatic heterocycles. The number of aliphatic hydroxyl groups excluding tert-OH is 2. The van der Waals surface area contributed by atoms with Gasteiger partial charge in [0.15, 0.2) is 0 Å². The van der Waals surface area contributed by atoms with Crippen molar-refractivity contribution >= 4 is 5.97 Å². The fraction of sp³-hybridized carbons (Fsp3) is 0.586. The van der Waals surface area contributed by atoms with Crippen LogP contribution in [0, 0.1) is 12.3 Å². The Morgan fingerprint density at radius 3 is 2.83 bits per heavy atom. The number of carbonyl (C=O) groups is 1. The van der Waals surface area contributed by atoms with E-state index in [2.05, 4.69) is 31.2 Å². The summed E-state index contributed by atoms with van der Waals surface area (Å²) in [5, 5.41) is 21.5. The molecule has 0 spiro atoms. The molecule has 2 N–H and O–H groups in total. The van der Waals surface area contributed by atoms with Crippen molar-refractivity contribution in [1.29, 1.82) is 0 Å². The van der Waals surface area contributed by atoms with E-state index in [1.54, 1.807) is 12.2 Å². The van der Waals surface area contributed by atoms with Gasteiger partial charge in [-0.25, -0.2) is 4.79 Å². The number of ether oxygens (including phenoxy) is 3. The fourth-order valence-corrected chi connectivity index (χ4v) is 5.02. The predicted octanol–water partition coefficient (Wildman–Crippen LogP) is 4.29. The lowest BCUT2D eigenvalue weighted by molar-refractivity contribution is -0.148. The van der Waals surface area contributed by atoms with Crippen LogP contribution in [-0.2, 0) is 19.0 Å². The molecule has 0 aromatic carbocycles. The van der Waals surface area contributed by atoms with Crippen LogP contribution in [0.5, 0.6) is 0 Å². The molecular formula is C29H39O6. The Morgan fingerprint density at radius 2 is 2.00 bits per heavy atom. The Bertz CT molecular complexity index is 842. The van der Waals surface area contributed by atoms with E-state index in [0.717, 1.165) is 44.1 Å². The zero-order valence-corrected chi connectivity index (χ0v) is 20.4. The van der Waals surface area contributed by atoms with Crippen LogP contribution in [0.25, 0.3) is 0 Å². The Balaban J connectivity index is 1.43. The number of epoxide rings is 1. The van der Waals surface area contributed by atoms with Crippen molar-refractivity contribution in [3.05, 3.63) is 67.2 Å². The maximum Gasteiger partial charge on any atom is 0.330 e. The SMILES string of the molecule is C=C1C[CH]C[C@@H]2CC=C[C@@H](C/C=C\C(=O)OC([C@@H](O)/C=C/C3C=CCCC3)C[C@@H]3O[C@H]3[C@@H](O)C1)O2. The monoisotopic (exact) mass is 483 g/mol. The third-order valence-corrected chi connectivity index (χ3v) is 7.06. The van der Waals surface area contributed by atoms with Gasteiger partial charge in [-0.1, -0.05) is 54.7 Å². The second kappa shape index (κ2) is 12.8. The number of carbonyl (C=O) groups excluding carboxylic acids is 1. The maximum absolute atomic E-state index is 12.6. The number of aliphatic hydroxyl groups is 2. The van der Waals surface area contributed by atoms with Crippen molar-refractivity contribution in [2.75, 3.05) is 0 Å². The van der Waals surface area contributed by atoms with E-state index in [-0.39, 0.29) is 30.3 Å². The van der Waals surface area contributed by atoms with Crippen LogP contribution in [0.2, 0.25) is 0 Å². The van der Waals surface area contributed by atoms with E-state index in [1.165, 1.54) is 6.08 Å². The van der Waals surface area contributed by atoms with E-state index in [1.807, 2.05) is 12.2 Å². The van der Waals surface area contributed by atoms with Crippen LogP contribution in [-0.4, -0.2) is 58.9 Å². The lowest BCUT2D eigenvalue weighted by atomic mass is 9.94. The van der Waals surface area contributed by atoms with E-state index >= 15 is 0 Å². The third kappa shape index (κ3) is 8.28. The van der Waals surface area contributed by atoms with Gasteiger partial charge in [-0.3, -0.25) is 0 Å². The van der Waals surface area contributed by atoms with E-state index < -0.39 is 24.3 Å². The van der Waals surface area contributed by atoms with Crippen LogP contribution < -0.4 is 0 Å². The van der Waals surface area contributed by atoms with Gasteiger partial charge in [0, 0.05) is 12.5 Å². The molecule has 1 radical (unpaired) electrons. The van der Waals surface area contributed by atoms with E-state index in [0.29, 0.717) is 19.3 Å². The first kappa shape index (κ1) is 26.1. The molecule has 4 rings (SSSR count). The number of rotatable bonds is 3. The van der Waals surface area contributed by atoms with Gasteiger partial charge in [0.25, 0.3) is 0 Å². The average molecular weight is 484 g/mol. The van der Waals surface area contributed by atoms with Gasteiger partial charge in [-0.15, -0.1) is 0 Å². The Kier molecular flexibility index (Phi) is 9.55. The van der Waals surface area contributed by atoms with Gasteiger partial charge in [-0.05, 0) is 63.7 Å². The Morgan fingerprint density at radius 1 is 1.11 bits per heavy atom. The topological polar surface area (TPSA) is 88.5 Å². The van der Waals surface area contributed by atoms with Crippen molar-refractivity contribution in [3.8, 4) is 0 Å². The molecule has 2 bridgehead atoms. The highest BCUT2D eigenvalue weighted by Crippen LogP contribution is 2.34. The normalized spacial score (nSPS) is 38.7. The summed E-state index contributed by atoms with van der Waals surface area (Å²) >= 11 is 0. The van der Waals surface area contributed by atoms with Gasteiger partial charge in [0.1, 0.15) is 18.3 Å². The molecule has 0 amide bonds. The van der Waals surface area contributed by atoms with Gasteiger partial charge in [0.05, 0.1) is 24.4 Å². The fourth-order valence-electron chi connectivity index (χ4n) is 5.02. The first-order valence-corrected chi connectivity index (χ1v) is 13.0. The molecule has 6 heteroatoms. The average Bonchev–Trinajstić information content (AvgIpc) is 3.62. The second-order valence-corrected chi connectivity index (χ2v) is 10.1. The molecule has 8 atom stereocenters. The molecule has 3 heterocycles. The van der Waals surface area contributed by atoms with Gasteiger partial charge in [-0.2, -0.15) is 0 Å². The summed E-state index contributed by atoms with van der Waals surface area (Å²) in [5.74, 6) is -0.216. The van der Waals surface area contributed by atoms with Gasteiger partial charge < -0.3 is 24.4 Å². The summed E-state index contributed by atoms with van der Waals surface area (Å²) < 4.78 is 17.5. The summed E-state index contributed by atoms with van der Waals surface area (Å²) in [6, 6.07) is 0. The molecule has 1 aliphatic carbocycles. The summed E-state index contributed by atoms with van der Waals surface area (Å²) in [5.41, 5.74) is 0.949. The summed E-state index contributed by atoms with van der Waals surface area (Å²) in [7, 11) is 0. The molecule has 0 saturated carbocycles. The van der Waals surface area contributed by atoms with Crippen molar-refractivity contribution in [2.24, 2.45) is 5.92 Å². The highest BCUT2D eigenvalue weighted by atomic mass is 16.6. The molecule has 1 saturated heterocycles. The number of esters is 1.